The SMILES string of the molecule is CC(C)[C@H](NC(=O)[C@H](CCC(=O)O)NC(=O)[C@H](CC(=O)O)NC(=O)C1OC(CNC(=O)Cn2cc(CCCCF)n2C)C(O)C(O)C1O)C(=O)N[C@@H](CC(=O)O)C(=O)N[C@@H](C)C(=O)NCCOCCOCCOCCOCCC(=O)O. The minimum Gasteiger partial charge on any atom is -0.481 e. The van der Waals surface area contributed by atoms with Gasteiger partial charge >= 0.3 is 23.9 Å². The Morgan fingerprint density at radius 2 is 1.14 bits per heavy atom. The first-order valence-electron chi connectivity index (χ1n) is 26.0. The summed E-state index contributed by atoms with van der Waals surface area (Å²) in [5.74, 6) is -14.2. The Labute approximate surface area is 464 Å². The standard InChI is InChI=1S/C48H78FN9O23/c1-26(2)38(47(75)54-30(21-36(64)65)45(73)52-27(3)43(71)50-12-14-78-16-18-80-20-19-79-17-15-77-13-10-35(62)63)56-44(72)29(8-9-34(60)61)53-46(74)31(22-37(66)67)55-48(76)42-41(70)40(69)39(68)32(81-42)23-51-33(59)25-58-24-28(57(58)4)7-5-6-11-49/h24,26-27,29-32,38-42,68-70H,5-23,25H2,1-4H3,(H,50,71)(H,51,59)(H,52,73)(H,53,74)(H,54,75)(H,55,76)(H,56,72)(H,60,61)(H,62,63)(H,64,65)(H,66,67)/t27-,29-,30-,31-,32?,38-,39?,40?,41?,42?/m0/s1. The molecule has 32 nitrogen and oxygen atoms in total. The molecule has 81 heavy (non-hydrogen) atoms. The van der Waals surface area contributed by atoms with Crippen LogP contribution in [0.1, 0.15) is 71.4 Å². The summed E-state index contributed by atoms with van der Waals surface area (Å²) in [5.41, 5.74) is 0.853. The van der Waals surface area contributed by atoms with E-state index < -0.39 is 171 Å². The first-order valence-corrected chi connectivity index (χ1v) is 26.0. The molecule has 1 aliphatic rings. The number of carbonyl (C=O) groups excluding carboxylic acids is 7. The number of amides is 7. The number of carboxylic acid groups (broad SMARTS) is 4. The van der Waals surface area contributed by atoms with E-state index in [1.165, 1.54) is 25.5 Å². The maximum absolute atomic E-state index is 13.8. The number of hydrogen-bond acceptors (Lipinski definition) is 19. The first kappa shape index (κ1) is 70.2. The lowest BCUT2D eigenvalue weighted by atomic mass is 9.94. The number of carboxylic acids is 4. The third-order valence-corrected chi connectivity index (χ3v) is 12.1. The van der Waals surface area contributed by atoms with Crippen LogP contribution in [0.4, 0.5) is 4.39 Å². The van der Waals surface area contributed by atoms with Crippen molar-refractivity contribution in [2.75, 3.05) is 72.6 Å². The van der Waals surface area contributed by atoms with Gasteiger partial charge in [-0.3, -0.25) is 66.5 Å². The van der Waals surface area contributed by atoms with E-state index in [0.717, 1.165) is 5.69 Å². The highest BCUT2D eigenvalue weighted by Gasteiger charge is 2.47. The lowest BCUT2D eigenvalue weighted by Crippen LogP contribution is -2.65. The molecule has 1 fully saturated rings. The van der Waals surface area contributed by atoms with Crippen molar-refractivity contribution < 1.29 is 117 Å². The van der Waals surface area contributed by atoms with Crippen molar-refractivity contribution >= 4 is 65.2 Å². The molecule has 33 heteroatoms. The van der Waals surface area contributed by atoms with Crippen molar-refractivity contribution in [3.63, 3.8) is 0 Å². The van der Waals surface area contributed by atoms with E-state index in [1.54, 1.807) is 17.9 Å². The average Bonchev–Trinajstić information content (AvgIpc) is 3.46. The molecule has 0 aromatic carbocycles. The fourth-order valence-electron chi connectivity index (χ4n) is 7.56. The number of ether oxygens (including phenoxy) is 5. The first-order chi connectivity index (χ1) is 38.3. The normalized spacial score (nSPS) is 18.8. The second kappa shape index (κ2) is 37.2. The molecule has 460 valence electrons. The minimum atomic E-state index is -2.18. The number of unbranched alkanes of at least 4 members (excludes halogenated alkanes) is 1. The van der Waals surface area contributed by atoms with Gasteiger partial charge in [0.05, 0.1) is 84.5 Å². The molecular formula is C48H78FN9O23. The second-order valence-corrected chi connectivity index (χ2v) is 18.9. The highest BCUT2D eigenvalue weighted by Crippen LogP contribution is 2.22. The van der Waals surface area contributed by atoms with Crippen molar-refractivity contribution in [3.05, 3.63) is 11.9 Å². The summed E-state index contributed by atoms with van der Waals surface area (Å²) < 4.78 is 42.4. The number of alkyl halides is 1. The van der Waals surface area contributed by atoms with Crippen LogP contribution in [0, 0.1) is 5.92 Å². The van der Waals surface area contributed by atoms with E-state index in [1.807, 2.05) is 5.32 Å². The Bertz CT molecular complexity index is 2230. The van der Waals surface area contributed by atoms with Gasteiger partial charge in [-0.1, -0.05) is 13.8 Å². The molecule has 2 heterocycles. The van der Waals surface area contributed by atoms with E-state index in [0.29, 0.717) is 19.3 Å². The van der Waals surface area contributed by atoms with Crippen LogP contribution < -0.4 is 37.2 Å². The average molecular weight is 1170 g/mol. The van der Waals surface area contributed by atoms with Crippen molar-refractivity contribution in [3.8, 4) is 0 Å². The van der Waals surface area contributed by atoms with Crippen LogP contribution in [0.25, 0.3) is 0 Å². The molecule has 1 saturated heterocycles. The smallest absolute Gasteiger partial charge is 0.305 e. The predicted molar refractivity (Wildman–Crippen MR) is 272 cm³/mol. The molecule has 1 aromatic rings. The number of aliphatic hydroxyl groups is 3. The fraction of sp³-hybridized carbons (Fsp3) is 0.729. The van der Waals surface area contributed by atoms with Gasteiger partial charge in [0.2, 0.25) is 35.4 Å². The zero-order valence-electron chi connectivity index (χ0n) is 45.5. The van der Waals surface area contributed by atoms with Crippen LogP contribution in [0.5, 0.6) is 0 Å². The van der Waals surface area contributed by atoms with Crippen LogP contribution in [-0.2, 0) is 96.4 Å². The number of carbonyl (C=O) groups is 11. The minimum absolute atomic E-state index is 0.0114. The Kier molecular flexibility index (Phi) is 32.2. The number of hydrogen-bond donors (Lipinski definition) is 14. The highest BCUT2D eigenvalue weighted by atomic mass is 19.1. The molecule has 5 unspecified atom stereocenters. The number of halogens is 1. The van der Waals surface area contributed by atoms with Gasteiger partial charge in [-0.2, -0.15) is 0 Å². The van der Waals surface area contributed by atoms with Gasteiger partial charge < -0.3 is 96.6 Å². The summed E-state index contributed by atoms with van der Waals surface area (Å²) in [4.78, 5) is 139. The number of aryl methyl sites for hydroxylation is 1. The molecule has 0 radical (unpaired) electrons. The Hall–Kier alpha value is -6.88. The molecule has 1 aromatic heterocycles. The third-order valence-electron chi connectivity index (χ3n) is 12.1. The van der Waals surface area contributed by atoms with Gasteiger partial charge in [0.1, 0.15) is 61.2 Å². The maximum atomic E-state index is 13.8. The Morgan fingerprint density at radius 3 is 1.68 bits per heavy atom. The fourth-order valence-corrected chi connectivity index (χ4v) is 7.56. The van der Waals surface area contributed by atoms with Crippen molar-refractivity contribution in [1.82, 2.24) is 46.6 Å². The van der Waals surface area contributed by atoms with Gasteiger partial charge in [0, 0.05) is 32.8 Å². The molecule has 0 bridgehead atoms. The topological polar surface area (TPSA) is 470 Å². The van der Waals surface area contributed by atoms with Gasteiger partial charge in [-0.05, 0) is 38.5 Å². The van der Waals surface area contributed by atoms with Gasteiger partial charge in [-0.15, -0.1) is 0 Å². The number of aliphatic carboxylic acids is 4. The second-order valence-electron chi connectivity index (χ2n) is 18.9. The van der Waals surface area contributed by atoms with Crippen LogP contribution in [-0.4, -0.2) is 244 Å². The molecule has 0 spiro atoms. The van der Waals surface area contributed by atoms with E-state index in [2.05, 4.69) is 31.9 Å². The van der Waals surface area contributed by atoms with E-state index in [9.17, 15) is 87.8 Å². The molecule has 10 atom stereocenters. The molecule has 0 saturated carbocycles. The van der Waals surface area contributed by atoms with E-state index >= 15 is 0 Å². The number of nitrogens with zero attached hydrogens (tertiary/aromatic N) is 2. The lowest BCUT2D eigenvalue weighted by Gasteiger charge is -2.40. The van der Waals surface area contributed by atoms with Crippen molar-refractivity contribution in [2.24, 2.45) is 13.0 Å². The summed E-state index contributed by atoms with van der Waals surface area (Å²) >= 11 is 0. The highest BCUT2D eigenvalue weighted by molar-refractivity contribution is 5.98. The number of aliphatic hydroxyl groups excluding tert-OH is 3. The summed E-state index contributed by atoms with van der Waals surface area (Å²) in [6, 6.07) is -8.72. The number of rotatable bonds is 42. The summed E-state index contributed by atoms with van der Waals surface area (Å²) in [5, 5.41) is 85.3. The number of aromatic nitrogens is 2. The Balaban J connectivity index is 2.04. The molecular weight excluding hydrogens is 1090 g/mol. The molecule has 1 aliphatic heterocycles. The van der Waals surface area contributed by atoms with Crippen molar-refractivity contribution in [2.45, 2.75) is 139 Å². The summed E-state index contributed by atoms with van der Waals surface area (Å²) in [7, 11) is 1.68. The van der Waals surface area contributed by atoms with Crippen molar-refractivity contribution in [1.29, 1.82) is 0 Å². The predicted octanol–water partition coefficient (Wildman–Crippen LogP) is -5.34. The van der Waals surface area contributed by atoms with E-state index in [-0.39, 0.29) is 72.4 Å². The molecule has 14 N–H and O–H groups in total. The van der Waals surface area contributed by atoms with Crippen LogP contribution in [0.2, 0.25) is 0 Å². The number of nitrogens with one attached hydrogen (secondary N) is 7. The monoisotopic (exact) mass is 1170 g/mol. The van der Waals surface area contributed by atoms with Gasteiger partial charge in [0.15, 0.2) is 6.10 Å². The van der Waals surface area contributed by atoms with Crippen LogP contribution in [0.15, 0.2) is 6.20 Å². The summed E-state index contributed by atoms with van der Waals surface area (Å²) in [6.45, 7) is 4.34. The zero-order chi connectivity index (χ0) is 60.8. The lowest BCUT2D eigenvalue weighted by molar-refractivity contribution is -0.219. The van der Waals surface area contributed by atoms with Crippen LogP contribution in [0.3, 0.4) is 0 Å². The van der Waals surface area contributed by atoms with Crippen LogP contribution >= 0.6 is 0 Å². The van der Waals surface area contributed by atoms with E-state index in [4.69, 9.17) is 28.8 Å². The largest absolute Gasteiger partial charge is 0.481 e. The van der Waals surface area contributed by atoms with Gasteiger partial charge in [-0.25, -0.2) is 0 Å². The summed E-state index contributed by atoms with van der Waals surface area (Å²) in [6.07, 6.45) is -10.4. The maximum Gasteiger partial charge on any atom is 0.305 e. The zero-order valence-corrected chi connectivity index (χ0v) is 45.5. The molecule has 0 aliphatic carbocycles. The Morgan fingerprint density at radius 1 is 0.605 bits per heavy atom. The quantitative estimate of drug-likeness (QED) is 0.0272. The molecule has 2 rings (SSSR count). The third kappa shape index (κ3) is 26.5. The molecule has 7 amide bonds. The van der Waals surface area contributed by atoms with Gasteiger partial charge in [0.25, 0.3) is 5.91 Å².